The molecule has 0 radical (unpaired) electrons. The van der Waals surface area contributed by atoms with Crippen LogP contribution in [0.2, 0.25) is 0 Å². The molecule has 2 heterocycles. The van der Waals surface area contributed by atoms with Crippen LogP contribution in [-0.4, -0.2) is 31.5 Å². The maximum absolute atomic E-state index is 13.3. The summed E-state index contributed by atoms with van der Waals surface area (Å²) in [6, 6.07) is 9.20. The van der Waals surface area contributed by atoms with E-state index in [-0.39, 0.29) is 16.8 Å². The number of fused-ring (bicyclic) bond motifs is 1. The van der Waals surface area contributed by atoms with Crippen LogP contribution in [0.4, 0.5) is 5.69 Å². The molecule has 2 aliphatic rings. The Balaban J connectivity index is 1.57. The van der Waals surface area contributed by atoms with E-state index in [9.17, 15) is 13.2 Å². The number of carbonyl (C=O) groups is 1. The van der Waals surface area contributed by atoms with Crippen LogP contribution in [0.25, 0.3) is 0 Å². The molecule has 1 fully saturated rings. The molecule has 4 rings (SSSR count). The van der Waals surface area contributed by atoms with Gasteiger partial charge in [0, 0.05) is 25.8 Å². The third-order valence-electron chi connectivity index (χ3n) is 6.67. The molecule has 1 aromatic heterocycles. The Kier molecular flexibility index (Phi) is 5.19. The van der Waals surface area contributed by atoms with E-state index in [1.165, 1.54) is 23.0 Å². The minimum absolute atomic E-state index is 0.131. The normalized spacial score (nSPS) is 24.4. The molecule has 7 heteroatoms. The Morgan fingerprint density at radius 3 is 2.72 bits per heavy atom. The summed E-state index contributed by atoms with van der Waals surface area (Å²) in [7, 11) is -1.99. The number of aryl methyl sites for hydroxylation is 1. The van der Waals surface area contributed by atoms with Crippen LogP contribution in [0.1, 0.15) is 49.2 Å². The number of sulfonamides is 1. The van der Waals surface area contributed by atoms with E-state index in [0.29, 0.717) is 30.5 Å². The van der Waals surface area contributed by atoms with Crippen LogP contribution in [0.5, 0.6) is 0 Å². The molecule has 156 valence electrons. The van der Waals surface area contributed by atoms with Gasteiger partial charge in [-0.25, -0.2) is 8.42 Å². The van der Waals surface area contributed by atoms with Gasteiger partial charge in [0.2, 0.25) is 0 Å². The summed E-state index contributed by atoms with van der Waals surface area (Å²) >= 11 is 0. The van der Waals surface area contributed by atoms with Crippen molar-refractivity contribution in [3.05, 3.63) is 47.8 Å². The average molecular weight is 416 g/mol. The lowest BCUT2D eigenvalue weighted by atomic mass is 9.78. The smallest absolute Gasteiger partial charge is 0.268 e. The number of nitrogens with zero attached hydrogens (tertiary/aromatic N) is 2. The minimum Gasteiger partial charge on any atom is -0.348 e. The highest BCUT2D eigenvalue weighted by Gasteiger charge is 2.33. The van der Waals surface area contributed by atoms with E-state index >= 15 is 0 Å². The van der Waals surface area contributed by atoms with Crippen molar-refractivity contribution in [2.45, 2.75) is 50.5 Å². The maximum Gasteiger partial charge on any atom is 0.268 e. The van der Waals surface area contributed by atoms with Gasteiger partial charge < -0.3 is 9.88 Å². The number of amides is 1. The molecule has 1 aromatic carbocycles. The summed E-state index contributed by atoms with van der Waals surface area (Å²) in [6.07, 6.45) is 5.51. The van der Waals surface area contributed by atoms with Crippen molar-refractivity contribution in [1.82, 2.24) is 9.88 Å². The Morgan fingerprint density at radius 2 is 1.93 bits per heavy atom. The summed E-state index contributed by atoms with van der Waals surface area (Å²) in [5.74, 6) is 0.785. The van der Waals surface area contributed by atoms with Gasteiger partial charge in [0.1, 0.15) is 10.6 Å². The standard InChI is InChI=1S/C22H29N3O3S/c1-15-7-6-9-19(16(15)2)23-22(26)21-13-18(14-24(21)3)29(27,28)25-12-11-17-8-4-5-10-20(17)25/h4-5,8,10,13-16,19H,6-7,9,11-12H2,1-3H3,(H,23,26)/t15-,16-,19+/m1/s1. The third kappa shape index (κ3) is 3.56. The lowest BCUT2D eigenvalue weighted by Gasteiger charge is -2.34. The number of rotatable bonds is 4. The molecule has 29 heavy (non-hydrogen) atoms. The fourth-order valence-electron chi connectivity index (χ4n) is 4.61. The van der Waals surface area contributed by atoms with E-state index in [1.54, 1.807) is 11.6 Å². The van der Waals surface area contributed by atoms with Gasteiger partial charge in [-0.05, 0) is 42.4 Å². The molecule has 1 amide bonds. The van der Waals surface area contributed by atoms with Crippen molar-refractivity contribution in [1.29, 1.82) is 0 Å². The topological polar surface area (TPSA) is 71.4 Å². The first-order valence-corrected chi connectivity index (χ1v) is 11.8. The predicted molar refractivity (Wildman–Crippen MR) is 114 cm³/mol. The first-order valence-electron chi connectivity index (χ1n) is 10.4. The monoisotopic (exact) mass is 415 g/mol. The number of anilines is 1. The first-order chi connectivity index (χ1) is 13.8. The Morgan fingerprint density at radius 1 is 1.17 bits per heavy atom. The highest BCUT2D eigenvalue weighted by atomic mass is 32.2. The second-order valence-electron chi connectivity index (χ2n) is 8.48. The second-order valence-corrected chi connectivity index (χ2v) is 10.3. The number of hydrogen-bond donors (Lipinski definition) is 1. The first kappa shape index (κ1) is 20.0. The average Bonchev–Trinajstić information content (AvgIpc) is 3.30. The molecule has 0 spiro atoms. The lowest BCUT2D eigenvalue weighted by molar-refractivity contribution is 0.0883. The molecule has 0 bridgehead atoms. The van der Waals surface area contributed by atoms with Gasteiger partial charge in [0.05, 0.1) is 5.69 Å². The van der Waals surface area contributed by atoms with Crippen molar-refractivity contribution in [3.63, 3.8) is 0 Å². The molecule has 3 atom stereocenters. The Bertz CT molecular complexity index is 1030. The fourth-order valence-corrected chi connectivity index (χ4v) is 6.19. The number of benzene rings is 1. The molecular formula is C22H29N3O3S. The van der Waals surface area contributed by atoms with Gasteiger partial charge in [-0.2, -0.15) is 0 Å². The molecule has 0 saturated heterocycles. The maximum atomic E-state index is 13.3. The van der Waals surface area contributed by atoms with E-state index in [2.05, 4.69) is 19.2 Å². The van der Waals surface area contributed by atoms with Gasteiger partial charge in [-0.1, -0.05) is 44.9 Å². The minimum atomic E-state index is -3.71. The van der Waals surface area contributed by atoms with Crippen molar-refractivity contribution < 1.29 is 13.2 Å². The predicted octanol–water partition coefficient (Wildman–Crippen LogP) is 3.33. The van der Waals surface area contributed by atoms with Crippen LogP contribution in [0.3, 0.4) is 0 Å². The lowest BCUT2D eigenvalue weighted by Crippen LogP contribution is -2.44. The van der Waals surface area contributed by atoms with Crippen molar-refractivity contribution >= 4 is 21.6 Å². The molecule has 2 aromatic rings. The van der Waals surface area contributed by atoms with Crippen molar-refractivity contribution in [3.8, 4) is 0 Å². The summed E-state index contributed by atoms with van der Waals surface area (Å²) in [6.45, 7) is 4.83. The quantitative estimate of drug-likeness (QED) is 0.833. The molecule has 1 aliphatic carbocycles. The zero-order valence-corrected chi connectivity index (χ0v) is 18.1. The number of hydrogen-bond acceptors (Lipinski definition) is 3. The third-order valence-corrected chi connectivity index (χ3v) is 8.45. The number of para-hydroxylation sites is 1. The molecular weight excluding hydrogens is 386 g/mol. The zero-order chi connectivity index (χ0) is 20.8. The van der Waals surface area contributed by atoms with Crippen LogP contribution in [-0.2, 0) is 23.5 Å². The van der Waals surface area contributed by atoms with Crippen LogP contribution >= 0.6 is 0 Å². The SMILES string of the molecule is C[C@@H]1[C@H](C)CCC[C@@H]1NC(=O)c1cc(S(=O)(=O)N2CCc3ccccc32)cn1C. The van der Waals surface area contributed by atoms with Crippen LogP contribution in [0, 0.1) is 11.8 Å². The second kappa shape index (κ2) is 7.52. The van der Waals surface area contributed by atoms with E-state index < -0.39 is 10.0 Å². The largest absolute Gasteiger partial charge is 0.348 e. The molecule has 6 nitrogen and oxygen atoms in total. The van der Waals surface area contributed by atoms with E-state index in [4.69, 9.17) is 0 Å². The number of carbonyl (C=O) groups excluding carboxylic acids is 1. The Labute approximate surface area is 173 Å². The van der Waals surface area contributed by atoms with Crippen LogP contribution < -0.4 is 9.62 Å². The number of nitrogens with one attached hydrogen (secondary N) is 1. The van der Waals surface area contributed by atoms with Gasteiger partial charge in [0.15, 0.2) is 0 Å². The summed E-state index contributed by atoms with van der Waals surface area (Å²) in [5.41, 5.74) is 2.14. The summed E-state index contributed by atoms with van der Waals surface area (Å²) in [4.78, 5) is 13.1. The van der Waals surface area contributed by atoms with Gasteiger partial charge >= 0.3 is 0 Å². The van der Waals surface area contributed by atoms with Crippen molar-refractivity contribution in [2.24, 2.45) is 18.9 Å². The Hall–Kier alpha value is -2.28. The van der Waals surface area contributed by atoms with Crippen molar-refractivity contribution in [2.75, 3.05) is 10.8 Å². The zero-order valence-electron chi connectivity index (χ0n) is 17.3. The van der Waals surface area contributed by atoms with Crippen LogP contribution in [0.15, 0.2) is 41.4 Å². The molecule has 1 aliphatic heterocycles. The molecule has 1 N–H and O–H groups in total. The van der Waals surface area contributed by atoms with Gasteiger partial charge in [-0.15, -0.1) is 0 Å². The van der Waals surface area contributed by atoms with Gasteiger partial charge in [0.25, 0.3) is 15.9 Å². The summed E-state index contributed by atoms with van der Waals surface area (Å²) < 4.78 is 29.6. The highest BCUT2D eigenvalue weighted by Crippen LogP contribution is 2.33. The number of aromatic nitrogens is 1. The van der Waals surface area contributed by atoms with E-state index in [0.717, 1.165) is 24.1 Å². The van der Waals surface area contributed by atoms with Gasteiger partial charge in [-0.3, -0.25) is 9.10 Å². The molecule has 0 unspecified atom stereocenters. The van der Waals surface area contributed by atoms with E-state index in [1.807, 2.05) is 24.3 Å². The highest BCUT2D eigenvalue weighted by molar-refractivity contribution is 7.92. The molecule has 1 saturated carbocycles. The fraction of sp³-hybridized carbons (Fsp3) is 0.500. The summed E-state index contributed by atoms with van der Waals surface area (Å²) in [5, 5.41) is 3.14.